The molecule has 2 rings (SSSR count). The lowest BCUT2D eigenvalue weighted by molar-refractivity contribution is -0.391. The smallest absolute Gasteiger partial charge is 0.323 e. The first-order chi connectivity index (χ1) is 9.40. The number of halogens is 1. The molecular formula is C12H10ClN3O4. The molecular weight excluding hydrogens is 286 g/mol. The predicted molar refractivity (Wildman–Crippen MR) is 73.1 cm³/mol. The molecule has 0 saturated carbocycles. The number of nitro groups is 1. The number of nitrogens with one attached hydrogen (secondary N) is 1. The van der Waals surface area contributed by atoms with E-state index < -0.39 is 10.8 Å². The predicted octanol–water partition coefficient (Wildman–Crippen LogP) is 2.54. The number of anilines is 1. The normalized spacial score (nSPS) is 10.3. The van der Waals surface area contributed by atoms with Gasteiger partial charge in [-0.15, -0.1) is 0 Å². The van der Waals surface area contributed by atoms with E-state index in [1.165, 1.54) is 41.9 Å². The Morgan fingerprint density at radius 2 is 2.10 bits per heavy atom. The number of aromatic hydroxyl groups is 1. The third-order valence-electron chi connectivity index (χ3n) is 2.72. The molecule has 0 radical (unpaired) electrons. The van der Waals surface area contributed by atoms with Gasteiger partial charge < -0.3 is 20.5 Å². The first-order valence-corrected chi connectivity index (χ1v) is 5.88. The van der Waals surface area contributed by atoms with Crippen molar-refractivity contribution < 1.29 is 14.8 Å². The molecule has 2 N–H and O–H groups in total. The first-order valence-electron chi connectivity index (χ1n) is 5.50. The average molecular weight is 296 g/mol. The Morgan fingerprint density at radius 3 is 2.65 bits per heavy atom. The van der Waals surface area contributed by atoms with Gasteiger partial charge in [0, 0.05) is 17.8 Å². The van der Waals surface area contributed by atoms with Gasteiger partial charge in [-0.1, -0.05) is 11.6 Å². The van der Waals surface area contributed by atoms with Gasteiger partial charge in [0.05, 0.1) is 12.1 Å². The van der Waals surface area contributed by atoms with Gasteiger partial charge in [0.1, 0.15) is 5.75 Å². The molecule has 0 unspecified atom stereocenters. The maximum Gasteiger partial charge on any atom is 0.323 e. The van der Waals surface area contributed by atoms with Crippen LogP contribution in [0.3, 0.4) is 0 Å². The van der Waals surface area contributed by atoms with Crippen LogP contribution in [0.5, 0.6) is 5.75 Å². The summed E-state index contributed by atoms with van der Waals surface area (Å²) in [4.78, 5) is 22.1. The van der Waals surface area contributed by atoms with Crippen LogP contribution in [0, 0.1) is 10.1 Å². The van der Waals surface area contributed by atoms with Gasteiger partial charge in [0.15, 0.2) is 5.69 Å². The van der Waals surface area contributed by atoms with Crippen LogP contribution in [0.15, 0.2) is 30.3 Å². The Morgan fingerprint density at radius 1 is 1.40 bits per heavy atom. The van der Waals surface area contributed by atoms with E-state index in [4.69, 9.17) is 11.6 Å². The van der Waals surface area contributed by atoms with Crippen molar-refractivity contribution in [2.45, 2.75) is 0 Å². The van der Waals surface area contributed by atoms with Crippen LogP contribution in [0.2, 0.25) is 5.02 Å². The zero-order valence-electron chi connectivity index (χ0n) is 10.3. The van der Waals surface area contributed by atoms with Crippen LogP contribution >= 0.6 is 11.6 Å². The van der Waals surface area contributed by atoms with Crippen molar-refractivity contribution in [3.8, 4) is 5.75 Å². The molecule has 7 nitrogen and oxygen atoms in total. The van der Waals surface area contributed by atoms with Crippen molar-refractivity contribution in [3.63, 3.8) is 0 Å². The fraction of sp³-hybridized carbons (Fsp3) is 0.0833. The van der Waals surface area contributed by atoms with Gasteiger partial charge in [0.25, 0.3) is 5.91 Å². The fourth-order valence-electron chi connectivity index (χ4n) is 1.70. The maximum absolute atomic E-state index is 12.0. The van der Waals surface area contributed by atoms with Gasteiger partial charge in [-0.3, -0.25) is 4.79 Å². The lowest BCUT2D eigenvalue weighted by Gasteiger charge is -2.05. The quantitative estimate of drug-likeness (QED) is 0.671. The fourth-order valence-corrected chi connectivity index (χ4v) is 1.81. The van der Waals surface area contributed by atoms with Crippen LogP contribution in [-0.4, -0.2) is 20.5 Å². The minimum Gasteiger partial charge on any atom is -0.506 e. The molecule has 1 aromatic carbocycles. The van der Waals surface area contributed by atoms with Crippen molar-refractivity contribution in [2.75, 3.05) is 5.32 Å². The van der Waals surface area contributed by atoms with Crippen LogP contribution in [0.25, 0.3) is 0 Å². The van der Waals surface area contributed by atoms with E-state index in [9.17, 15) is 20.0 Å². The summed E-state index contributed by atoms with van der Waals surface area (Å²) in [5, 5.41) is 22.8. The SMILES string of the molecule is Cn1c(C(=O)Nc2ccc(Cl)c(O)c2)ccc1[N+](=O)[O-]. The number of amides is 1. The topological polar surface area (TPSA) is 97.4 Å². The van der Waals surface area contributed by atoms with E-state index in [-0.39, 0.29) is 22.3 Å². The molecule has 1 heterocycles. The largest absolute Gasteiger partial charge is 0.506 e. The van der Waals surface area contributed by atoms with Gasteiger partial charge in [-0.2, -0.15) is 0 Å². The lowest BCUT2D eigenvalue weighted by atomic mass is 10.3. The number of nitrogens with zero attached hydrogens (tertiary/aromatic N) is 2. The highest BCUT2D eigenvalue weighted by Crippen LogP contribution is 2.26. The number of phenolic OH excluding ortho intramolecular Hbond substituents is 1. The van der Waals surface area contributed by atoms with Gasteiger partial charge >= 0.3 is 5.82 Å². The van der Waals surface area contributed by atoms with Crippen molar-refractivity contribution in [1.82, 2.24) is 4.57 Å². The van der Waals surface area contributed by atoms with Gasteiger partial charge in [-0.05, 0) is 23.1 Å². The van der Waals surface area contributed by atoms with Crippen molar-refractivity contribution in [1.29, 1.82) is 0 Å². The second-order valence-electron chi connectivity index (χ2n) is 4.01. The summed E-state index contributed by atoms with van der Waals surface area (Å²) in [5.74, 6) is -0.876. The highest BCUT2D eigenvalue weighted by molar-refractivity contribution is 6.32. The van der Waals surface area contributed by atoms with Crippen LogP contribution < -0.4 is 5.32 Å². The second-order valence-corrected chi connectivity index (χ2v) is 4.42. The number of phenols is 1. The van der Waals surface area contributed by atoms with Crippen molar-refractivity contribution in [2.24, 2.45) is 7.05 Å². The Bertz CT molecular complexity index is 696. The number of hydrogen-bond donors (Lipinski definition) is 2. The minimum atomic E-state index is -0.578. The maximum atomic E-state index is 12.0. The summed E-state index contributed by atoms with van der Waals surface area (Å²) in [7, 11) is 1.42. The monoisotopic (exact) mass is 295 g/mol. The first kappa shape index (κ1) is 13.9. The molecule has 0 bridgehead atoms. The summed E-state index contributed by atoms with van der Waals surface area (Å²) in [6, 6.07) is 6.83. The summed E-state index contributed by atoms with van der Waals surface area (Å²) in [6.45, 7) is 0. The molecule has 2 aromatic rings. The Labute approximate surface area is 118 Å². The molecule has 0 spiro atoms. The summed E-state index contributed by atoms with van der Waals surface area (Å²) < 4.78 is 1.17. The molecule has 8 heteroatoms. The van der Waals surface area contributed by atoms with Crippen LogP contribution in [-0.2, 0) is 7.05 Å². The van der Waals surface area contributed by atoms with Gasteiger partial charge in [0.2, 0.25) is 0 Å². The van der Waals surface area contributed by atoms with E-state index in [1.54, 1.807) is 0 Å². The molecule has 0 aliphatic heterocycles. The Hall–Kier alpha value is -2.54. The summed E-state index contributed by atoms with van der Waals surface area (Å²) in [5.41, 5.74) is 0.465. The molecule has 1 amide bonds. The van der Waals surface area contributed by atoms with E-state index in [0.717, 1.165) is 0 Å². The Kier molecular flexibility index (Phi) is 3.62. The molecule has 20 heavy (non-hydrogen) atoms. The highest BCUT2D eigenvalue weighted by Gasteiger charge is 2.20. The molecule has 104 valence electrons. The molecule has 0 aliphatic carbocycles. The minimum absolute atomic E-state index is 0.131. The molecule has 0 saturated heterocycles. The zero-order valence-corrected chi connectivity index (χ0v) is 11.1. The molecule has 0 atom stereocenters. The number of carbonyl (C=O) groups is 1. The zero-order chi connectivity index (χ0) is 14.9. The third-order valence-corrected chi connectivity index (χ3v) is 3.04. The average Bonchev–Trinajstić information content (AvgIpc) is 2.76. The number of hydrogen-bond acceptors (Lipinski definition) is 4. The Balaban J connectivity index is 2.24. The number of rotatable bonds is 3. The van der Waals surface area contributed by atoms with E-state index >= 15 is 0 Å². The summed E-state index contributed by atoms with van der Waals surface area (Å²) >= 11 is 5.66. The second kappa shape index (κ2) is 5.22. The molecule has 0 aliphatic rings. The number of benzene rings is 1. The molecule has 0 fully saturated rings. The highest BCUT2D eigenvalue weighted by atomic mass is 35.5. The number of aromatic nitrogens is 1. The molecule has 1 aromatic heterocycles. The lowest BCUT2D eigenvalue weighted by Crippen LogP contribution is -2.16. The summed E-state index contributed by atoms with van der Waals surface area (Å²) in [6.07, 6.45) is 0. The standard InChI is InChI=1S/C12H10ClN3O4/c1-15-9(4-5-11(15)16(19)20)12(18)14-7-2-3-8(13)10(17)6-7/h2-6,17H,1H3,(H,14,18). The number of carbonyl (C=O) groups excluding carboxylic acids is 1. The van der Waals surface area contributed by atoms with Crippen molar-refractivity contribution in [3.05, 3.63) is 51.2 Å². The van der Waals surface area contributed by atoms with E-state index in [0.29, 0.717) is 5.69 Å². The van der Waals surface area contributed by atoms with Gasteiger partial charge in [-0.25, -0.2) is 4.57 Å². The van der Waals surface area contributed by atoms with E-state index in [1.807, 2.05) is 0 Å². The van der Waals surface area contributed by atoms with Crippen LogP contribution in [0.1, 0.15) is 10.5 Å². The van der Waals surface area contributed by atoms with Crippen LogP contribution in [0.4, 0.5) is 11.5 Å². The van der Waals surface area contributed by atoms with E-state index in [2.05, 4.69) is 5.32 Å². The third kappa shape index (κ3) is 2.57. The van der Waals surface area contributed by atoms with Crippen molar-refractivity contribution >= 4 is 29.0 Å².